The van der Waals surface area contributed by atoms with E-state index in [0.717, 1.165) is 17.7 Å². The fourth-order valence-corrected chi connectivity index (χ4v) is 1.31. The lowest BCUT2D eigenvalue weighted by atomic mass is 10.1. The summed E-state index contributed by atoms with van der Waals surface area (Å²) in [4.78, 5) is 0. The van der Waals surface area contributed by atoms with Gasteiger partial charge in [-0.1, -0.05) is 18.7 Å². The minimum Gasteiger partial charge on any atom is -0.357 e. The second kappa shape index (κ2) is 2.09. The third kappa shape index (κ3) is 0.909. The first-order valence-electron chi connectivity index (χ1n) is 3.49. The molecule has 0 radical (unpaired) electrons. The van der Waals surface area contributed by atoms with Crippen LogP contribution in [0.2, 0.25) is 0 Å². The van der Waals surface area contributed by atoms with Crippen molar-refractivity contribution < 1.29 is 4.39 Å². The molecule has 0 aromatic heterocycles. The SMILES string of the molecule is C=C1Cc2cccc(F)c2N1. The van der Waals surface area contributed by atoms with Crippen molar-refractivity contribution in [3.63, 3.8) is 0 Å². The molecule has 2 rings (SSSR count). The molecule has 1 aromatic rings. The van der Waals surface area contributed by atoms with Crippen LogP contribution in [0, 0.1) is 5.82 Å². The Morgan fingerprint density at radius 1 is 1.45 bits per heavy atom. The van der Waals surface area contributed by atoms with Crippen molar-refractivity contribution in [1.29, 1.82) is 0 Å². The summed E-state index contributed by atoms with van der Waals surface area (Å²) in [5.41, 5.74) is 2.46. The third-order valence-corrected chi connectivity index (χ3v) is 1.81. The van der Waals surface area contributed by atoms with E-state index in [1.54, 1.807) is 6.07 Å². The summed E-state index contributed by atoms with van der Waals surface area (Å²) in [5.74, 6) is -0.193. The Hall–Kier alpha value is -1.31. The predicted octanol–water partition coefficient (Wildman–Crippen LogP) is 2.31. The summed E-state index contributed by atoms with van der Waals surface area (Å²) in [5, 5.41) is 2.90. The van der Waals surface area contributed by atoms with Crippen LogP contribution < -0.4 is 5.32 Å². The number of nitrogens with one attached hydrogen (secondary N) is 1. The number of rotatable bonds is 0. The average molecular weight is 149 g/mol. The Morgan fingerprint density at radius 2 is 2.27 bits per heavy atom. The number of anilines is 1. The van der Waals surface area contributed by atoms with Crippen LogP contribution in [0.15, 0.2) is 30.5 Å². The van der Waals surface area contributed by atoms with Crippen LogP contribution >= 0.6 is 0 Å². The molecule has 1 aliphatic heterocycles. The average Bonchev–Trinajstić information content (AvgIpc) is 2.31. The first-order chi connectivity index (χ1) is 5.27. The summed E-state index contributed by atoms with van der Waals surface area (Å²) in [6.45, 7) is 3.73. The molecule has 0 spiro atoms. The molecule has 0 fully saturated rings. The smallest absolute Gasteiger partial charge is 0.146 e. The molecule has 0 saturated carbocycles. The number of fused-ring (bicyclic) bond motifs is 1. The normalized spacial score (nSPS) is 14.5. The van der Waals surface area contributed by atoms with Crippen molar-refractivity contribution in [2.24, 2.45) is 0 Å². The number of allylic oxidation sites excluding steroid dienone is 1. The number of para-hydroxylation sites is 1. The molecule has 1 nitrogen and oxygen atoms in total. The topological polar surface area (TPSA) is 12.0 Å². The quantitative estimate of drug-likeness (QED) is 0.596. The van der Waals surface area contributed by atoms with Crippen molar-refractivity contribution in [3.05, 3.63) is 41.9 Å². The molecule has 0 atom stereocenters. The molecule has 2 heteroatoms. The monoisotopic (exact) mass is 149 g/mol. The van der Waals surface area contributed by atoms with Crippen molar-refractivity contribution in [1.82, 2.24) is 0 Å². The molecular weight excluding hydrogens is 141 g/mol. The van der Waals surface area contributed by atoms with Gasteiger partial charge in [-0.2, -0.15) is 0 Å². The van der Waals surface area contributed by atoms with Crippen LogP contribution in [0.5, 0.6) is 0 Å². The van der Waals surface area contributed by atoms with Gasteiger partial charge in [-0.3, -0.25) is 0 Å². The molecule has 0 unspecified atom stereocenters. The van der Waals surface area contributed by atoms with E-state index in [1.165, 1.54) is 6.07 Å². The van der Waals surface area contributed by atoms with Crippen LogP contribution in [0.4, 0.5) is 10.1 Å². The van der Waals surface area contributed by atoms with Gasteiger partial charge in [-0.25, -0.2) is 4.39 Å². The summed E-state index contributed by atoms with van der Waals surface area (Å²) >= 11 is 0. The van der Waals surface area contributed by atoms with Gasteiger partial charge in [-0.05, 0) is 11.6 Å². The van der Waals surface area contributed by atoms with E-state index in [1.807, 2.05) is 6.07 Å². The molecule has 0 saturated heterocycles. The molecule has 1 N–H and O–H groups in total. The molecule has 56 valence electrons. The molecule has 0 aliphatic carbocycles. The summed E-state index contributed by atoms with van der Waals surface area (Å²) in [6.07, 6.45) is 0.743. The second-order valence-electron chi connectivity index (χ2n) is 2.68. The highest BCUT2D eigenvalue weighted by Gasteiger charge is 2.15. The zero-order valence-electron chi connectivity index (χ0n) is 6.02. The standard InChI is InChI=1S/C9H8FN/c1-6-5-7-3-2-4-8(10)9(7)11-6/h2-4,11H,1,5H2. The van der Waals surface area contributed by atoms with Gasteiger partial charge in [0.1, 0.15) is 5.82 Å². The van der Waals surface area contributed by atoms with E-state index < -0.39 is 0 Å². The van der Waals surface area contributed by atoms with E-state index in [4.69, 9.17) is 0 Å². The fraction of sp³-hybridized carbons (Fsp3) is 0.111. The highest BCUT2D eigenvalue weighted by molar-refractivity contribution is 5.62. The predicted molar refractivity (Wildman–Crippen MR) is 42.9 cm³/mol. The van der Waals surface area contributed by atoms with Crippen LogP contribution in [-0.2, 0) is 6.42 Å². The molecule has 11 heavy (non-hydrogen) atoms. The maximum Gasteiger partial charge on any atom is 0.146 e. The van der Waals surface area contributed by atoms with E-state index in [2.05, 4.69) is 11.9 Å². The largest absolute Gasteiger partial charge is 0.357 e. The van der Waals surface area contributed by atoms with E-state index in [-0.39, 0.29) is 5.82 Å². The van der Waals surface area contributed by atoms with Crippen LogP contribution in [0.1, 0.15) is 5.56 Å². The van der Waals surface area contributed by atoms with Crippen LogP contribution in [0.3, 0.4) is 0 Å². The lowest BCUT2D eigenvalue weighted by molar-refractivity contribution is 0.632. The molecule has 0 amide bonds. The van der Waals surface area contributed by atoms with Gasteiger partial charge in [0.2, 0.25) is 0 Å². The van der Waals surface area contributed by atoms with Crippen LogP contribution in [-0.4, -0.2) is 0 Å². The number of hydrogen-bond donors (Lipinski definition) is 1. The first-order valence-corrected chi connectivity index (χ1v) is 3.49. The van der Waals surface area contributed by atoms with Crippen molar-refractivity contribution in [3.8, 4) is 0 Å². The van der Waals surface area contributed by atoms with Gasteiger partial charge in [-0.15, -0.1) is 0 Å². The molecule has 1 aromatic carbocycles. The van der Waals surface area contributed by atoms with Crippen molar-refractivity contribution in [2.75, 3.05) is 5.32 Å². The number of hydrogen-bond acceptors (Lipinski definition) is 1. The lowest BCUT2D eigenvalue weighted by Gasteiger charge is -1.98. The Balaban J connectivity index is 2.57. The molecular formula is C9H8FN. The molecule has 0 bridgehead atoms. The van der Waals surface area contributed by atoms with E-state index in [0.29, 0.717) is 5.69 Å². The summed E-state index contributed by atoms with van der Waals surface area (Å²) in [6, 6.07) is 5.07. The maximum absolute atomic E-state index is 13.0. The Morgan fingerprint density at radius 3 is 3.00 bits per heavy atom. The van der Waals surface area contributed by atoms with Crippen molar-refractivity contribution >= 4 is 5.69 Å². The van der Waals surface area contributed by atoms with Crippen molar-refractivity contribution in [2.45, 2.75) is 6.42 Å². The van der Waals surface area contributed by atoms with Gasteiger partial charge >= 0.3 is 0 Å². The van der Waals surface area contributed by atoms with Gasteiger partial charge in [0.05, 0.1) is 5.69 Å². The van der Waals surface area contributed by atoms with E-state index in [9.17, 15) is 4.39 Å². The Kier molecular flexibility index (Phi) is 1.22. The minimum absolute atomic E-state index is 0.193. The van der Waals surface area contributed by atoms with Gasteiger partial charge < -0.3 is 5.32 Å². The molecule has 1 heterocycles. The maximum atomic E-state index is 13.0. The highest BCUT2D eigenvalue weighted by atomic mass is 19.1. The fourth-order valence-electron chi connectivity index (χ4n) is 1.31. The Labute approximate surface area is 64.5 Å². The van der Waals surface area contributed by atoms with Gasteiger partial charge in [0.15, 0.2) is 0 Å². The third-order valence-electron chi connectivity index (χ3n) is 1.81. The number of halogens is 1. The Bertz CT molecular complexity index is 317. The second-order valence-corrected chi connectivity index (χ2v) is 2.68. The van der Waals surface area contributed by atoms with E-state index >= 15 is 0 Å². The summed E-state index contributed by atoms with van der Waals surface area (Å²) in [7, 11) is 0. The van der Waals surface area contributed by atoms with Gasteiger partial charge in [0.25, 0.3) is 0 Å². The zero-order chi connectivity index (χ0) is 7.84. The molecule has 1 aliphatic rings. The zero-order valence-corrected chi connectivity index (χ0v) is 6.02. The summed E-state index contributed by atoms with van der Waals surface area (Å²) < 4.78 is 13.0. The van der Waals surface area contributed by atoms with Crippen LogP contribution in [0.25, 0.3) is 0 Å². The van der Waals surface area contributed by atoms with Gasteiger partial charge in [0, 0.05) is 12.1 Å². The number of benzene rings is 1. The lowest BCUT2D eigenvalue weighted by Crippen LogP contribution is -1.90. The highest BCUT2D eigenvalue weighted by Crippen LogP contribution is 2.28. The first kappa shape index (κ1) is 6.40. The minimum atomic E-state index is -0.193.